The summed E-state index contributed by atoms with van der Waals surface area (Å²) in [5.74, 6) is 0.717. The second-order valence-electron chi connectivity index (χ2n) is 14.2. The van der Waals surface area contributed by atoms with E-state index in [4.69, 9.17) is 9.97 Å². The molecule has 240 valence electrons. The van der Waals surface area contributed by atoms with E-state index in [0.717, 1.165) is 28.1 Å². The summed E-state index contributed by atoms with van der Waals surface area (Å²) in [5.41, 5.74) is 12.9. The maximum atomic E-state index is 5.34. The highest BCUT2D eigenvalue weighted by Crippen LogP contribution is 2.52. The fourth-order valence-electron chi connectivity index (χ4n) is 8.45. The molecule has 2 nitrogen and oxygen atoms in total. The predicted molar refractivity (Wildman–Crippen MR) is 214 cm³/mol. The van der Waals surface area contributed by atoms with Crippen LogP contribution < -0.4 is 0 Å². The molecule has 1 aliphatic carbocycles. The Kier molecular flexibility index (Phi) is 6.56. The summed E-state index contributed by atoms with van der Waals surface area (Å²) in [6.07, 6.45) is 0. The van der Waals surface area contributed by atoms with Gasteiger partial charge < -0.3 is 0 Å². The molecule has 0 atom stereocenters. The van der Waals surface area contributed by atoms with Gasteiger partial charge in [-0.05, 0) is 77.8 Å². The molecule has 0 radical (unpaired) electrons. The largest absolute Gasteiger partial charge is 0.228 e. The second kappa shape index (κ2) is 11.3. The highest BCUT2D eigenvalue weighted by Gasteiger charge is 2.37. The van der Waals surface area contributed by atoms with Gasteiger partial charge in [-0.15, -0.1) is 0 Å². The topological polar surface area (TPSA) is 25.8 Å². The highest BCUT2D eigenvalue weighted by atomic mass is 14.9. The first kappa shape index (κ1) is 29.5. The molecule has 0 N–H and O–H groups in total. The Morgan fingerprint density at radius 2 is 1.04 bits per heavy atom. The number of fused-ring (bicyclic) bond motifs is 7. The van der Waals surface area contributed by atoms with Crippen LogP contribution in [0.2, 0.25) is 0 Å². The molecule has 2 heteroatoms. The molecule has 0 spiro atoms. The third-order valence-corrected chi connectivity index (χ3v) is 10.8. The van der Waals surface area contributed by atoms with Crippen molar-refractivity contribution in [1.82, 2.24) is 9.97 Å². The number of hydrogen-bond acceptors (Lipinski definition) is 2. The molecule has 0 aliphatic heterocycles. The third-order valence-electron chi connectivity index (χ3n) is 10.8. The molecule has 0 bridgehead atoms. The van der Waals surface area contributed by atoms with Crippen LogP contribution in [-0.4, -0.2) is 9.97 Å². The van der Waals surface area contributed by atoms with Gasteiger partial charge in [0, 0.05) is 22.1 Å². The van der Waals surface area contributed by atoms with Crippen LogP contribution in [0.15, 0.2) is 170 Å². The van der Waals surface area contributed by atoms with E-state index >= 15 is 0 Å². The van der Waals surface area contributed by atoms with Crippen LogP contribution in [0, 0.1) is 0 Å². The lowest BCUT2D eigenvalue weighted by Crippen LogP contribution is -2.16. The SMILES string of the molecule is CC1(C)c2ccccc2-c2cccc(-c3ccc(-c4cc(-c5c6ccccc6cc6ccc7ccccc7c56)nc(-c5ccccc5)n4)cc3)c21. The van der Waals surface area contributed by atoms with Gasteiger partial charge in [-0.1, -0.05) is 172 Å². The maximum Gasteiger partial charge on any atom is 0.160 e. The third kappa shape index (κ3) is 4.64. The molecule has 8 aromatic carbocycles. The van der Waals surface area contributed by atoms with E-state index in [1.807, 2.05) is 6.07 Å². The van der Waals surface area contributed by atoms with Crippen LogP contribution in [0.5, 0.6) is 0 Å². The molecule has 1 heterocycles. The summed E-state index contributed by atoms with van der Waals surface area (Å²) in [6, 6.07) is 61.2. The van der Waals surface area contributed by atoms with Crippen LogP contribution in [0.1, 0.15) is 25.0 Å². The Balaban J connectivity index is 1.18. The first-order valence-electron chi connectivity index (χ1n) is 17.7. The molecular formula is C49H34N2. The van der Waals surface area contributed by atoms with E-state index in [-0.39, 0.29) is 5.41 Å². The molecule has 9 aromatic rings. The van der Waals surface area contributed by atoms with Crippen molar-refractivity contribution in [2.75, 3.05) is 0 Å². The zero-order chi connectivity index (χ0) is 34.1. The monoisotopic (exact) mass is 650 g/mol. The number of aromatic nitrogens is 2. The van der Waals surface area contributed by atoms with Gasteiger partial charge in [0.15, 0.2) is 5.82 Å². The summed E-state index contributed by atoms with van der Waals surface area (Å²) < 4.78 is 0. The van der Waals surface area contributed by atoms with Crippen molar-refractivity contribution in [3.8, 4) is 56.2 Å². The first-order valence-corrected chi connectivity index (χ1v) is 17.7. The number of benzene rings is 8. The van der Waals surface area contributed by atoms with Crippen molar-refractivity contribution in [1.29, 1.82) is 0 Å². The summed E-state index contributed by atoms with van der Waals surface area (Å²) in [7, 11) is 0. The Morgan fingerprint density at radius 3 is 1.88 bits per heavy atom. The zero-order valence-electron chi connectivity index (χ0n) is 28.6. The summed E-state index contributed by atoms with van der Waals surface area (Å²) in [6.45, 7) is 4.70. The van der Waals surface area contributed by atoms with Gasteiger partial charge in [-0.3, -0.25) is 0 Å². The van der Waals surface area contributed by atoms with Gasteiger partial charge >= 0.3 is 0 Å². The Hall–Kier alpha value is -6.38. The zero-order valence-corrected chi connectivity index (χ0v) is 28.6. The van der Waals surface area contributed by atoms with Crippen molar-refractivity contribution in [3.05, 3.63) is 181 Å². The van der Waals surface area contributed by atoms with Crippen LogP contribution in [-0.2, 0) is 5.41 Å². The van der Waals surface area contributed by atoms with Gasteiger partial charge in [0.25, 0.3) is 0 Å². The Bertz CT molecular complexity index is 2810. The number of hydrogen-bond donors (Lipinski definition) is 0. The molecule has 1 aliphatic rings. The summed E-state index contributed by atoms with van der Waals surface area (Å²) in [5, 5.41) is 7.24. The molecule has 1 aromatic heterocycles. The van der Waals surface area contributed by atoms with E-state index in [2.05, 4.69) is 178 Å². The maximum absolute atomic E-state index is 5.34. The standard InChI is InChI=1S/C49H34N2/c1-49(2)42-22-11-10-19-40(42)41-21-12-20-39(47(41)49)32-23-26-33(27-24-32)43-30-44(51-48(50-43)34-14-4-3-5-15-34)46-38-18-9-7-16-35(38)29-36-28-25-31-13-6-8-17-37(31)45(36)46/h3-30H,1-2H3. The fourth-order valence-corrected chi connectivity index (χ4v) is 8.45. The van der Waals surface area contributed by atoms with Crippen molar-refractivity contribution < 1.29 is 0 Å². The van der Waals surface area contributed by atoms with E-state index in [9.17, 15) is 0 Å². The van der Waals surface area contributed by atoms with Crippen LogP contribution in [0.4, 0.5) is 0 Å². The van der Waals surface area contributed by atoms with Gasteiger partial charge in [0.05, 0.1) is 11.4 Å². The van der Waals surface area contributed by atoms with E-state index < -0.39 is 0 Å². The van der Waals surface area contributed by atoms with E-state index in [1.165, 1.54) is 65.7 Å². The molecule has 0 saturated carbocycles. The van der Waals surface area contributed by atoms with Crippen molar-refractivity contribution in [3.63, 3.8) is 0 Å². The average Bonchev–Trinajstić information content (AvgIpc) is 3.43. The molecule has 0 amide bonds. The van der Waals surface area contributed by atoms with Crippen LogP contribution in [0.3, 0.4) is 0 Å². The van der Waals surface area contributed by atoms with Gasteiger partial charge in [0.2, 0.25) is 0 Å². The van der Waals surface area contributed by atoms with E-state index in [1.54, 1.807) is 0 Å². The number of nitrogens with zero attached hydrogens (tertiary/aromatic N) is 2. The minimum Gasteiger partial charge on any atom is -0.228 e. The second-order valence-corrected chi connectivity index (χ2v) is 14.2. The van der Waals surface area contributed by atoms with Gasteiger partial charge in [0.1, 0.15) is 0 Å². The normalized spacial score (nSPS) is 13.1. The predicted octanol–water partition coefficient (Wildman–Crippen LogP) is 12.9. The van der Waals surface area contributed by atoms with Gasteiger partial charge in [-0.25, -0.2) is 9.97 Å². The minimum atomic E-state index is -0.0846. The van der Waals surface area contributed by atoms with Gasteiger partial charge in [-0.2, -0.15) is 0 Å². The lowest BCUT2D eigenvalue weighted by atomic mass is 9.79. The minimum absolute atomic E-state index is 0.0846. The summed E-state index contributed by atoms with van der Waals surface area (Å²) in [4.78, 5) is 10.6. The summed E-state index contributed by atoms with van der Waals surface area (Å²) >= 11 is 0. The average molecular weight is 651 g/mol. The molecule has 10 rings (SSSR count). The Morgan fingerprint density at radius 1 is 0.412 bits per heavy atom. The molecule has 0 saturated heterocycles. The molecule has 0 unspecified atom stereocenters. The molecule has 0 fully saturated rings. The van der Waals surface area contributed by atoms with E-state index in [0.29, 0.717) is 5.82 Å². The Labute approximate surface area is 297 Å². The van der Waals surface area contributed by atoms with Crippen LogP contribution in [0.25, 0.3) is 88.5 Å². The lowest BCUT2D eigenvalue weighted by Gasteiger charge is -2.24. The quantitative estimate of drug-likeness (QED) is 0.140. The first-order chi connectivity index (χ1) is 25.0. The van der Waals surface area contributed by atoms with Crippen molar-refractivity contribution in [2.24, 2.45) is 0 Å². The number of rotatable bonds is 4. The van der Waals surface area contributed by atoms with Crippen LogP contribution >= 0.6 is 0 Å². The lowest BCUT2D eigenvalue weighted by molar-refractivity contribution is 0.662. The van der Waals surface area contributed by atoms with Crippen molar-refractivity contribution >= 4 is 32.3 Å². The van der Waals surface area contributed by atoms with Crippen molar-refractivity contribution in [2.45, 2.75) is 19.3 Å². The molecular weight excluding hydrogens is 617 g/mol. The smallest absolute Gasteiger partial charge is 0.160 e. The highest BCUT2D eigenvalue weighted by molar-refractivity contribution is 6.21. The molecule has 51 heavy (non-hydrogen) atoms. The fraction of sp³-hybridized carbons (Fsp3) is 0.0612.